The minimum absolute atomic E-state index is 0.0795. The number of thiophene rings is 1. The summed E-state index contributed by atoms with van der Waals surface area (Å²) in [5.41, 5.74) is 1.05. The highest BCUT2D eigenvalue weighted by atomic mass is 32.1. The van der Waals surface area contributed by atoms with Gasteiger partial charge in [0.1, 0.15) is 4.88 Å². The topological polar surface area (TPSA) is 55.4 Å². The Morgan fingerprint density at radius 3 is 2.48 bits per heavy atom. The maximum atomic E-state index is 12.1. The highest BCUT2D eigenvalue weighted by molar-refractivity contribution is 7.11. The predicted molar refractivity (Wildman–Crippen MR) is 91.4 cm³/mol. The fourth-order valence-corrected chi connectivity index (χ4v) is 2.88. The molecular weight excluding hydrogens is 310 g/mol. The molecule has 2 rings (SSSR count). The van der Waals surface area contributed by atoms with Crippen molar-refractivity contribution in [2.75, 3.05) is 6.61 Å². The van der Waals surface area contributed by atoms with E-state index in [0.717, 1.165) is 12.0 Å². The predicted octanol–water partition coefficient (Wildman–Crippen LogP) is 3.81. The summed E-state index contributed by atoms with van der Waals surface area (Å²) in [5.74, 6) is -0.311. The van der Waals surface area contributed by atoms with Crippen LogP contribution in [0.5, 0.6) is 0 Å². The Hall–Kier alpha value is -2.14. The van der Waals surface area contributed by atoms with Gasteiger partial charge in [0.2, 0.25) is 0 Å². The zero-order valence-corrected chi connectivity index (χ0v) is 14.1. The van der Waals surface area contributed by atoms with Gasteiger partial charge in [0, 0.05) is 0 Å². The standard InChI is InChI=1S/C18H21NO3S/c1-13(2)11-15(14-7-4-3-5-8-14)19-17(20)12-22-18(21)16-9-6-10-23-16/h3-10,13,15H,11-12H2,1-2H3,(H,19,20)/t15-/m0/s1. The van der Waals surface area contributed by atoms with E-state index in [1.807, 2.05) is 30.3 Å². The van der Waals surface area contributed by atoms with Crippen LogP contribution in [0.1, 0.15) is 41.5 Å². The second kappa shape index (κ2) is 8.48. The fraction of sp³-hybridized carbons (Fsp3) is 0.333. The van der Waals surface area contributed by atoms with Gasteiger partial charge >= 0.3 is 5.97 Å². The number of ether oxygens (including phenoxy) is 1. The second-order valence-electron chi connectivity index (χ2n) is 5.71. The van der Waals surface area contributed by atoms with Gasteiger partial charge < -0.3 is 10.1 Å². The van der Waals surface area contributed by atoms with Crippen LogP contribution in [0.2, 0.25) is 0 Å². The zero-order valence-electron chi connectivity index (χ0n) is 13.3. The lowest BCUT2D eigenvalue weighted by Gasteiger charge is -2.21. The summed E-state index contributed by atoms with van der Waals surface area (Å²) >= 11 is 1.30. The lowest BCUT2D eigenvalue weighted by molar-refractivity contribution is -0.125. The molecule has 1 heterocycles. The first-order chi connectivity index (χ1) is 11.1. The van der Waals surface area contributed by atoms with Crippen LogP contribution in [0.3, 0.4) is 0 Å². The van der Waals surface area contributed by atoms with E-state index in [2.05, 4.69) is 19.2 Å². The molecule has 0 saturated carbocycles. The van der Waals surface area contributed by atoms with Gasteiger partial charge in [-0.25, -0.2) is 4.79 Å². The molecule has 0 spiro atoms. The Kier molecular flexibility index (Phi) is 6.35. The van der Waals surface area contributed by atoms with Crippen molar-refractivity contribution in [3.05, 3.63) is 58.3 Å². The number of hydrogen-bond donors (Lipinski definition) is 1. The van der Waals surface area contributed by atoms with Crippen LogP contribution < -0.4 is 5.32 Å². The van der Waals surface area contributed by atoms with E-state index in [1.165, 1.54) is 11.3 Å². The molecule has 1 aromatic heterocycles. The monoisotopic (exact) mass is 331 g/mol. The Morgan fingerprint density at radius 2 is 1.87 bits per heavy atom. The minimum Gasteiger partial charge on any atom is -0.451 e. The van der Waals surface area contributed by atoms with E-state index in [9.17, 15) is 9.59 Å². The molecular formula is C18H21NO3S. The van der Waals surface area contributed by atoms with Crippen LogP contribution in [-0.4, -0.2) is 18.5 Å². The van der Waals surface area contributed by atoms with Gasteiger partial charge in [0.05, 0.1) is 6.04 Å². The fourth-order valence-electron chi connectivity index (χ4n) is 2.27. The van der Waals surface area contributed by atoms with Crippen molar-refractivity contribution in [3.8, 4) is 0 Å². The van der Waals surface area contributed by atoms with E-state index >= 15 is 0 Å². The lowest BCUT2D eigenvalue weighted by atomic mass is 9.97. The summed E-state index contributed by atoms with van der Waals surface area (Å²) in [7, 11) is 0. The zero-order chi connectivity index (χ0) is 16.7. The van der Waals surface area contributed by atoms with Gasteiger partial charge in [-0.1, -0.05) is 50.2 Å². The van der Waals surface area contributed by atoms with E-state index in [0.29, 0.717) is 10.8 Å². The molecule has 0 saturated heterocycles. The molecule has 4 nitrogen and oxygen atoms in total. The van der Waals surface area contributed by atoms with Gasteiger partial charge in [-0.3, -0.25) is 4.79 Å². The summed E-state index contributed by atoms with van der Waals surface area (Å²) in [6, 6.07) is 13.2. The normalized spacial score (nSPS) is 12.0. The molecule has 2 aromatic rings. The number of rotatable bonds is 7. The quantitative estimate of drug-likeness (QED) is 0.785. The number of hydrogen-bond acceptors (Lipinski definition) is 4. The molecule has 1 aromatic carbocycles. The third-order valence-electron chi connectivity index (χ3n) is 3.30. The van der Waals surface area contributed by atoms with Gasteiger partial charge in [-0.05, 0) is 29.3 Å². The van der Waals surface area contributed by atoms with Crippen LogP contribution in [0, 0.1) is 5.92 Å². The Bertz CT molecular complexity index is 623. The minimum atomic E-state index is -0.463. The summed E-state index contributed by atoms with van der Waals surface area (Å²) < 4.78 is 5.05. The molecule has 1 atom stereocenters. The lowest BCUT2D eigenvalue weighted by Crippen LogP contribution is -2.33. The Balaban J connectivity index is 1.91. The van der Waals surface area contributed by atoms with E-state index in [-0.39, 0.29) is 18.6 Å². The van der Waals surface area contributed by atoms with E-state index in [4.69, 9.17) is 4.74 Å². The molecule has 23 heavy (non-hydrogen) atoms. The number of nitrogens with one attached hydrogen (secondary N) is 1. The smallest absolute Gasteiger partial charge is 0.348 e. The first kappa shape index (κ1) is 17.2. The molecule has 0 aliphatic heterocycles. The van der Waals surface area contributed by atoms with Crippen LogP contribution >= 0.6 is 11.3 Å². The van der Waals surface area contributed by atoms with Crippen LogP contribution in [0.4, 0.5) is 0 Å². The Labute approximate surface area is 140 Å². The van der Waals surface area contributed by atoms with E-state index < -0.39 is 5.97 Å². The van der Waals surface area contributed by atoms with Crippen molar-refractivity contribution < 1.29 is 14.3 Å². The van der Waals surface area contributed by atoms with Crippen LogP contribution in [-0.2, 0) is 9.53 Å². The van der Waals surface area contributed by atoms with Gasteiger partial charge in [-0.2, -0.15) is 0 Å². The summed E-state index contributed by atoms with van der Waals surface area (Å²) in [6.07, 6.45) is 0.828. The highest BCUT2D eigenvalue weighted by Gasteiger charge is 2.17. The molecule has 1 N–H and O–H groups in total. The van der Waals surface area contributed by atoms with Gasteiger partial charge in [0.25, 0.3) is 5.91 Å². The number of carbonyl (C=O) groups is 2. The summed E-state index contributed by atoms with van der Waals surface area (Å²) in [4.78, 5) is 24.3. The first-order valence-corrected chi connectivity index (χ1v) is 8.49. The second-order valence-corrected chi connectivity index (χ2v) is 6.66. The highest BCUT2D eigenvalue weighted by Crippen LogP contribution is 2.21. The molecule has 0 radical (unpaired) electrons. The summed E-state index contributed by atoms with van der Waals surface area (Å²) in [5, 5.41) is 4.75. The maximum Gasteiger partial charge on any atom is 0.348 e. The molecule has 0 aliphatic carbocycles. The molecule has 122 valence electrons. The average Bonchev–Trinajstić information content (AvgIpc) is 3.07. The number of benzene rings is 1. The number of amides is 1. The van der Waals surface area contributed by atoms with Gasteiger partial charge in [0.15, 0.2) is 6.61 Å². The van der Waals surface area contributed by atoms with Gasteiger partial charge in [-0.15, -0.1) is 11.3 Å². The average molecular weight is 331 g/mol. The first-order valence-electron chi connectivity index (χ1n) is 7.61. The Morgan fingerprint density at radius 1 is 1.13 bits per heavy atom. The van der Waals surface area contributed by atoms with Crippen LogP contribution in [0.15, 0.2) is 47.8 Å². The largest absolute Gasteiger partial charge is 0.451 e. The molecule has 0 aliphatic rings. The molecule has 5 heteroatoms. The van der Waals surface area contributed by atoms with Crippen molar-refractivity contribution in [2.24, 2.45) is 5.92 Å². The molecule has 0 unspecified atom stereocenters. The third kappa shape index (κ3) is 5.53. The molecule has 1 amide bonds. The van der Waals surface area contributed by atoms with Crippen molar-refractivity contribution >= 4 is 23.2 Å². The van der Waals surface area contributed by atoms with Crippen molar-refractivity contribution in [1.29, 1.82) is 0 Å². The number of esters is 1. The third-order valence-corrected chi connectivity index (χ3v) is 4.15. The van der Waals surface area contributed by atoms with Crippen molar-refractivity contribution in [1.82, 2.24) is 5.32 Å². The van der Waals surface area contributed by atoms with Crippen molar-refractivity contribution in [3.63, 3.8) is 0 Å². The number of carbonyl (C=O) groups excluding carboxylic acids is 2. The van der Waals surface area contributed by atoms with Crippen LogP contribution in [0.25, 0.3) is 0 Å². The SMILES string of the molecule is CC(C)C[C@H](NC(=O)COC(=O)c1cccs1)c1ccccc1. The molecule has 0 fully saturated rings. The van der Waals surface area contributed by atoms with Crippen molar-refractivity contribution in [2.45, 2.75) is 26.3 Å². The van der Waals surface area contributed by atoms with E-state index in [1.54, 1.807) is 17.5 Å². The molecule has 0 bridgehead atoms. The summed E-state index contributed by atoms with van der Waals surface area (Å²) in [6.45, 7) is 3.95. The maximum absolute atomic E-state index is 12.1.